The Morgan fingerprint density at radius 1 is 1.00 bits per heavy atom. The lowest BCUT2D eigenvalue weighted by atomic mass is 10.1. The largest absolute Gasteiger partial charge is 0.493 e. The number of thiocarbonyl (C=S) groups is 1. The SMILES string of the molecule is COc1cc(C(=S)N2CCCCC2)ccc1OC(=O)c1cccc(C)c1. The van der Waals surface area contributed by atoms with Crippen LogP contribution in [0.2, 0.25) is 0 Å². The second-order valence-corrected chi connectivity index (χ2v) is 6.86. The molecule has 0 N–H and O–H groups in total. The Kier molecular flexibility index (Phi) is 5.89. The van der Waals surface area contributed by atoms with E-state index in [0.29, 0.717) is 17.1 Å². The fraction of sp³-hybridized carbons (Fsp3) is 0.333. The smallest absolute Gasteiger partial charge is 0.343 e. The fourth-order valence-electron chi connectivity index (χ4n) is 3.10. The van der Waals surface area contributed by atoms with Gasteiger partial charge >= 0.3 is 5.97 Å². The van der Waals surface area contributed by atoms with Gasteiger partial charge in [-0.15, -0.1) is 0 Å². The van der Waals surface area contributed by atoms with Crippen LogP contribution in [0.15, 0.2) is 42.5 Å². The molecule has 0 spiro atoms. The van der Waals surface area contributed by atoms with Gasteiger partial charge in [0.2, 0.25) is 0 Å². The van der Waals surface area contributed by atoms with Crippen LogP contribution in [0.1, 0.15) is 40.7 Å². The number of hydrogen-bond acceptors (Lipinski definition) is 4. The molecule has 2 aromatic rings. The molecule has 2 aromatic carbocycles. The van der Waals surface area contributed by atoms with Gasteiger partial charge in [-0.2, -0.15) is 0 Å². The first-order valence-corrected chi connectivity index (χ1v) is 9.25. The number of benzene rings is 2. The Morgan fingerprint density at radius 3 is 2.46 bits per heavy atom. The van der Waals surface area contributed by atoms with E-state index >= 15 is 0 Å². The van der Waals surface area contributed by atoms with E-state index in [1.165, 1.54) is 19.3 Å². The fourth-order valence-corrected chi connectivity index (χ4v) is 3.40. The number of piperidine rings is 1. The van der Waals surface area contributed by atoms with Crippen molar-refractivity contribution in [2.24, 2.45) is 0 Å². The van der Waals surface area contributed by atoms with E-state index in [4.69, 9.17) is 21.7 Å². The maximum atomic E-state index is 12.4. The number of carbonyl (C=O) groups is 1. The van der Waals surface area contributed by atoms with Crippen molar-refractivity contribution >= 4 is 23.2 Å². The van der Waals surface area contributed by atoms with E-state index in [-0.39, 0.29) is 0 Å². The maximum Gasteiger partial charge on any atom is 0.343 e. The third-order valence-corrected chi connectivity index (χ3v) is 5.00. The average Bonchev–Trinajstić information content (AvgIpc) is 2.68. The van der Waals surface area contributed by atoms with E-state index in [1.54, 1.807) is 25.3 Å². The number of carbonyl (C=O) groups excluding carboxylic acids is 1. The van der Waals surface area contributed by atoms with E-state index in [1.807, 2.05) is 31.2 Å². The third-order valence-electron chi connectivity index (χ3n) is 4.51. The van der Waals surface area contributed by atoms with Crippen molar-refractivity contribution < 1.29 is 14.3 Å². The van der Waals surface area contributed by atoms with Gasteiger partial charge in [-0.05, 0) is 56.5 Å². The lowest BCUT2D eigenvalue weighted by molar-refractivity contribution is 0.0729. The van der Waals surface area contributed by atoms with E-state index in [0.717, 1.165) is 29.2 Å². The molecule has 4 nitrogen and oxygen atoms in total. The molecule has 0 aromatic heterocycles. The van der Waals surface area contributed by atoms with Crippen molar-refractivity contribution in [3.8, 4) is 11.5 Å². The molecular formula is C21H23NO3S. The number of methoxy groups -OCH3 is 1. The summed E-state index contributed by atoms with van der Waals surface area (Å²) in [5, 5.41) is 0. The normalized spacial score (nSPS) is 14.0. The maximum absolute atomic E-state index is 12.4. The summed E-state index contributed by atoms with van der Waals surface area (Å²) in [5.74, 6) is 0.491. The summed E-state index contributed by atoms with van der Waals surface area (Å²) in [7, 11) is 1.56. The highest BCUT2D eigenvalue weighted by atomic mass is 32.1. The van der Waals surface area contributed by atoms with E-state index in [9.17, 15) is 4.79 Å². The summed E-state index contributed by atoms with van der Waals surface area (Å²) in [5.41, 5.74) is 2.43. The summed E-state index contributed by atoms with van der Waals surface area (Å²) in [4.78, 5) is 15.4. The number of likely N-dealkylation sites (tertiary alicyclic amines) is 1. The van der Waals surface area contributed by atoms with Crippen molar-refractivity contribution in [2.75, 3.05) is 20.2 Å². The van der Waals surface area contributed by atoms with Crippen molar-refractivity contribution in [1.82, 2.24) is 4.90 Å². The molecule has 26 heavy (non-hydrogen) atoms. The topological polar surface area (TPSA) is 38.8 Å². The highest BCUT2D eigenvalue weighted by Gasteiger charge is 2.18. The molecule has 0 unspecified atom stereocenters. The van der Waals surface area contributed by atoms with Crippen LogP contribution in [0.3, 0.4) is 0 Å². The van der Waals surface area contributed by atoms with Gasteiger partial charge < -0.3 is 14.4 Å². The van der Waals surface area contributed by atoms with E-state index < -0.39 is 5.97 Å². The highest BCUT2D eigenvalue weighted by molar-refractivity contribution is 7.80. The van der Waals surface area contributed by atoms with Crippen LogP contribution in [-0.4, -0.2) is 36.1 Å². The second-order valence-electron chi connectivity index (χ2n) is 6.48. The van der Waals surface area contributed by atoms with Crippen LogP contribution in [0.25, 0.3) is 0 Å². The Labute approximate surface area is 159 Å². The summed E-state index contributed by atoms with van der Waals surface area (Å²) in [6.07, 6.45) is 3.60. The minimum absolute atomic E-state index is 0.393. The standard InChI is InChI=1S/C21H23NO3S/c1-15-7-6-8-17(13-15)21(23)25-18-10-9-16(14-19(18)24-2)20(26)22-11-4-3-5-12-22/h6-10,13-14H,3-5,11-12H2,1-2H3. The minimum Gasteiger partial charge on any atom is -0.493 e. The van der Waals surface area contributed by atoms with Crippen molar-refractivity contribution in [3.05, 3.63) is 59.2 Å². The van der Waals surface area contributed by atoms with Gasteiger partial charge in [0.25, 0.3) is 0 Å². The molecule has 1 aliphatic rings. The molecule has 0 amide bonds. The first kappa shape index (κ1) is 18.4. The van der Waals surface area contributed by atoms with Gasteiger partial charge in [-0.1, -0.05) is 29.9 Å². The summed E-state index contributed by atoms with van der Waals surface area (Å²) in [6.45, 7) is 3.92. The average molecular weight is 369 g/mol. The summed E-state index contributed by atoms with van der Waals surface area (Å²) < 4.78 is 11.0. The molecule has 1 heterocycles. The Balaban J connectivity index is 1.78. The zero-order valence-electron chi connectivity index (χ0n) is 15.2. The molecule has 136 valence electrons. The zero-order chi connectivity index (χ0) is 18.5. The molecule has 5 heteroatoms. The quantitative estimate of drug-likeness (QED) is 0.454. The van der Waals surface area contributed by atoms with Crippen LogP contribution in [0.5, 0.6) is 11.5 Å². The second kappa shape index (κ2) is 8.32. The van der Waals surface area contributed by atoms with Crippen LogP contribution >= 0.6 is 12.2 Å². The molecular weight excluding hydrogens is 346 g/mol. The van der Waals surface area contributed by atoms with Crippen LogP contribution in [0, 0.1) is 6.92 Å². The highest BCUT2D eigenvalue weighted by Crippen LogP contribution is 2.30. The van der Waals surface area contributed by atoms with Crippen molar-refractivity contribution in [3.63, 3.8) is 0 Å². The number of hydrogen-bond donors (Lipinski definition) is 0. The van der Waals surface area contributed by atoms with Gasteiger partial charge in [-0.3, -0.25) is 0 Å². The first-order chi connectivity index (χ1) is 12.6. The molecule has 0 bridgehead atoms. The molecule has 0 atom stereocenters. The first-order valence-electron chi connectivity index (χ1n) is 8.84. The Hall–Kier alpha value is -2.40. The number of rotatable bonds is 4. The summed E-state index contributed by atoms with van der Waals surface area (Å²) >= 11 is 5.63. The van der Waals surface area contributed by atoms with Crippen molar-refractivity contribution in [2.45, 2.75) is 26.2 Å². The molecule has 3 rings (SSSR count). The van der Waals surface area contributed by atoms with Crippen molar-refractivity contribution in [1.29, 1.82) is 0 Å². The molecule has 0 aliphatic carbocycles. The molecule has 0 radical (unpaired) electrons. The van der Waals surface area contributed by atoms with Crippen LogP contribution < -0.4 is 9.47 Å². The van der Waals surface area contributed by atoms with Gasteiger partial charge in [0.05, 0.1) is 12.7 Å². The minimum atomic E-state index is -0.404. The van der Waals surface area contributed by atoms with Gasteiger partial charge in [0.1, 0.15) is 4.99 Å². The van der Waals surface area contributed by atoms with Crippen LogP contribution in [-0.2, 0) is 0 Å². The lowest BCUT2D eigenvalue weighted by Gasteiger charge is -2.29. The van der Waals surface area contributed by atoms with Gasteiger partial charge in [0, 0.05) is 18.7 Å². The number of aryl methyl sites for hydroxylation is 1. The number of esters is 1. The van der Waals surface area contributed by atoms with Gasteiger partial charge in [0.15, 0.2) is 11.5 Å². The Morgan fingerprint density at radius 2 is 1.77 bits per heavy atom. The lowest BCUT2D eigenvalue weighted by Crippen LogP contribution is -2.34. The third kappa shape index (κ3) is 4.22. The molecule has 1 aliphatic heterocycles. The monoisotopic (exact) mass is 369 g/mol. The predicted octanol–water partition coefficient (Wildman–Crippen LogP) is 4.38. The zero-order valence-corrected chi connectivity index (χ0v) is 16.0. The molecule has 1 fully saturated rings. The number of ether oxygens (including phenoxy) is 2. The molecule has 0 saturated carbocycles. The predicted molar refractivity (Wildman–Crippen MR) is 106 cm³/mol. The number of nitrogens with zero attached hydrogens (tertiary/aromatic N) is 1. The summed E-state index contributed by atoms with van der Waals surface area (Å²) in [6, 6.07) is 12.8. The van der Waals surface area contributed by atoms with Gasteiger partial charge in [-0.25, -0.2) is 4.79 Å². The molecule has 1 saturated heterocycles. The van der Waals surface area contributed by atoms with E-state index in [2.05, 4.69) is 4.90 Å². The van der Waals surface area contributed by atoms with Crippen LogP contribution in [0.4, 0.5) is 0 Å². The Bertz CT molecular complexity index is 813.